The van der Waals surface area contributed by atoms with E-state index < -0.39 is 0 Å². The number of hydrogen-bond donors (Lipinski definition) is 2. The van der Waals surface area contributed by atoms with Crippen LogP contribution in [-0.2, 0) is 0 Å². The van der Waals surface area contributed by atoms with Gasteiger partial charge in [-0.15, -0.1) is 11.3 Å². The smallest absolute Gasteiger partial charge is 0.158 e. The molecule has 1 heterocycles. The molecule has 2 aromatic carbocycles. The van der Waals surface area contributed by atoms with E-state index in [1.165, 1.54) is 16.7 Å². The topological polar surface area (TPSA) is 41.8 Å². The van der Waals surface area contributed by atoms with Gasteiger partial charge >= 0.3 is 0 Å². The molecule has 3 aromatic rings. The Hall–Kier alpha value is -1.91. The minimum absolute atomic E-state index is 0.785. The van der Waals surface area contributed by atoms with Gasteiger partial charge in [0.2, 0.25) is 0 Å². The first-order valence-electron chi connectivity index (χ1n) is 5.87. The molecule has 2 nitrogen and oxygen atoms in total. The molecule has 0 bridgehead atoms. The number of aromatic nitrogens is 1. The number of aromatic amines is 1. The van der Waals surface area contributed by atoms with E-state index in [2.05, 4.69) is 29.2 Å². The molecule has 0 amide bonds. The standard InChI is InChI=1S/C15H12N2S2/c16-13-7-5-11(6-8-13)10-1-3-12(4-2-10)14-9-17-15(18)19-14/h1-9H,16H2,(H,17,18). The summed E-state index contributed by atoms with van der Waals surface area (Å²) in [6, 6.07) is 16.4. The SMILES string of the molecule is Nc1ccc(-c2ccc(-c3c[nH]c(=S)s3)cc2)cc1. The van der Waals surface area contributed by atoms with Crippen molar-refractivity contribution in [1.29, 1.82) is 0 Å². The maximum Gasteiger partial charge on any atom is 0.158 e. The third kappa shape index (κ3) is 2.59. The second-order valence-corrected chi connectivity index (χ2v) is 5.96. The van der Waals surface area contributed by atoms with E-state index in [4.69, 9.17) is 18.0 Å². The Labute approximate surface area is 120 Å². The molecule has 3 rings (SSSR count). The number of rotatable bonds is 2. The fourth-order valence-electron chi connectivity index (χ4n) is 1.93. The minimum Gasteiger partial charge on any atom is -0.399 e. The van der Waals surface area contributed by atoms with Crippen molar-refractivity contribution in [1.82, 2.24) is 4.98 Å². The van der Waals surface area contributed by atoms with Crippen LogP contribution in [0.25, 0.3) is 21.6 Å². The Morgan fingerprint density at radius 1 is 0.842 bits per heavy atom. The third-order valence-corrected chi connectivity index (χ3v) is 4.18. The van der Waals surface area contributed by atoms with E-state index in [-0.39, 0.29) is 0 Å². The van der Waals surface area contributed by atoms with Gasteiger partial charge in [0.15, 0.2) is 3.95 Å². The predicted octanol–water partition coefficient (Wildman–Crippen LogP) is 4.72. The second kappa shape index (κ2) is 4.99. The molecule has 0 fully saturated rings. The van der Waals surface area contributed by atoms with Gasteiger partial charge in [0.1, 0.15) is 0 Å². The summed E-state index contributed by atoms with van der Waals surface area (Å²) in [6.45, 7) is 0. The number of nitrogen functional groups attached to an aromatic ring is 1. The molecule has 94 valence electrons. The zero-order valence-corrected chi connectivity index (χ0v) is 11.7. The van der Waals surface area contributed by atoms with Crippen LogP contribution in [0, 0.1) is 3.95 Å². The normalized spacial score (nSPS) is 10.5. The summed E-state index contributed by atoms with van der Waals surface area (Å²) in [7, 11) is 0. The number of thiazole rings is 1. The number of hydrogen-bond acceptors (Lipinski definition) is 3. The van der Waals surface area contributed by atoms with E-state index >= 15 is 0 Å². The molecule has 0 aliphatic carbocycles. The molecule has 0 spiro atoms. The lowest BCUT2D eigenvalue weighted by Gasteiger charge is -2.03. The lowest BCUT2D eigenvalue weighted by Crippen LogP contribution is -1.84. The van der Waals surface area contributed by atoms with Crippen molar-refractivity contribution in [2.24, 2.45) is 0 Å². The van der Waals surface area contributed by atoms with Crippen LogP contribution in [0.3, 0.4) is 0 Å². The van der Waals surface area contributed by atoms with Gasteiger partial charge in [-0.2, -0.15) is 0 Å². The minimum atomic E-state index is 0.785. The molecule has 0 radical (unpaired) electrons. The number of nitrogens with one attached hydrogen (secondary N) is 1. The Bertz CT molecular complexity index is 737. The summed E-state index contributed by atoms with van der Waals surface area (Å²) < 4.78 is 0.803. The van der Waals surface area contributed by atoms with E-state index in [1.807, 2.05) is 30.5 Å². The highest BCUT2D eigenvalue weighted by Crippen LogP contribution is 2.27. The third-order valence-electron chi connectivity index (χ3n) is 2.94. The van der Waals surface area contributed by atoms with E-state index in [1.54, 1.807) is 11.3 Å². The average Bonchev–Trinajstić information content (AvgIpc) is 2.87. The summed E-state index contributed by atoms with van der Waals surface area (Å²) >= 11 is 6.69. The van der Waals surface area contributed by atoms with Gasteiger partial charge in [0.25, 0.3) is 0 Å². The van der Waals surface area contributed by atoms with E-state index in [0.717, 1.165) is 14.5 Å². The van der Waals surface area contributed by atoms with Crippen LogP contribution in [0.5, 0.6) is 0 Å². The summed E-state index contributed by atoms with van der Waals surface area (Å²) in [4.78, 5) is 4.20. The highest BCUT2D eigenvalue weighted by atomic mass is 32.1. The molecular formula is C15H12N2S2. The van der Waals surface area contributed by atoms with E-state index in [9.17, 15) is 0 Å². The molecule has 0 atom stereocenters. The van der Waals surface area contributed by atoms with Gasteiger partial charge in [0.05, 0.1) is 4.88 Å². The predicted molar refractivity (Wildman–Crippen MR) is 84.8 cm³/mol. The van der Waals surface area contributed by atoms with Crippen molar-refractivity contribution in [3.8, 4) is 21.6 Å². The quantitative estimate of drug-likeness (QED) is 0.528. The first kappa shape index (κ1) is 12.1. The van der Waals surface area contributed by atoms with Crippen molar-refractivity contribution in [2.75, 3.05) is 5.73 Å². The van der Waals surface area contributed by atoms with Crippen molar-refractivity contribution in [2.45, 2.75) is 0 Å². The Balaban J connectivity index is 1.94. The summed E-state index contributed by atoms with van der Waals surface area (Å²) in [5.41, 5.74) is 10.0. The maximum atomic E-state index is 5.70. The fraction of sp³-hybridized carbons (Fsp3) is 0. The zero-order valence-electron chi connectivity index (χ0n) is 10.1. The van der Waals surface area contributed by atoms with Crippen molar-refractivity contribution < 1.29 is 0 Å². The van der Waals surface area contributed by atoms with Gasteiger partial charge < -0.3 is 10.7 Å². The first-order valence-corrected chi connectivity index (χ1v) is 7.10. The van der Waals surface area contributed by atoms with Crippen molar-refractivity contribution in [3.63, 3.8) is 0 Å². The van der Waals surface area contributed by atoms with Gasteiger partial charge in [-0.3, -0.25) is 0 Å². The number of nitrogens with two attached hydrogens (primary N) is 1. The summed E-state index contributed by atoms with van der Waals surface area (Å²) in [5.74, 6) is 0. The Morgan fingerprint density at radius 2 is 1.37 bits per heavy atom. The molecule has 19 heavy (non-hydrogen) atoms. The van der Waals surface area contributed by atoms with E-state index in [0.29, 0.717) is 0 Å². The zero-order chi connectivity index (χ0) is 13.2. The van der Waals surface area contributed by atoms with Crippen LogP contribution < -0.4 is 5.73 Å². The van der Waals surface area contributed by atoms with Crippen LogP contribution in [0.1, 0.15) is 0 Å². The number of H-pyrrole nitrogens is 1. The van der Waals surface area contributed by atoms with Crippen LogP contribution in [0.2, 0.25) is 0 Å². The molecule has 1 aromatic heterocycles. The van der Waals surface area contributed by atoms with Gasteiger partial charge in [-0.05, 0) is 41.0 Å². The second-order valence-electron chi connectivity index (χ2n) is 4.24. The van der Waals surface area contributed by atoms with Gasteiger partial charge in [0, 0.05) is 11.9 Å². The van der Waals surface area contributed by atoms with Crippen molar-refractivity contribution >= 4 is 29.2 Å². The monoisotopic (exact) mass is 284 g/mol. The molecule has 0 saturated heterocycles. The Morgan fingerprint density at radius 3 is 1.89 bits per heavy atom. The Kier molecular flexibility index (Phi) is 3.19. The average molecular weight is 284 g/mol. The molecule has 0 aliphatic rings. The largest absolute Gasteiger partial charge is 0.399 e. The molecule has 0 saturated carbocycles. The number of anilines is 1. The molecular weight excluding hydrogens is 272 g/mol. The van der Waals surface area contributed by atoms with Crippen molar-refractivity contribution in [3.05, 3.63) is 58.7 Å². The molecule has 0 aliphatic heterocycles. The molecule has 0 unspecified atom stereocenters. The van der Waals surface area contributed by atoms with Crippen LogP contribution >= 0.6 is 23.6 Å². The van der Waals surface area contributed by atoms with Crippen LogP contribution in [0.4, 0.5) is 5.69 Å². The van der Waals surface area contributed by atoms with Gasteiger partial charge in [-0.1, -0.05) is 36.4 Å². The summed E-state index contributed by atoms with van der Waals surface area (Å²) in [5, 5.41) is 0. The fourth-order valence-corrected chi connectivity index (χ4v) is 2.95. The summed E-state index contributed by atoms with van der Waals surface area (Å²) in [6.07, 6.45) is 1.95. The van der Waals surface area contributed by atoms with Crippen LogP contribution in [0.15, 0.2) is 54.7 Å². The molecule has 3 N–H and O–H groups in total. The lowest BCUT2D eigenvalue weighted by molar-refractivity contribution is 1.40. The highest BCUT2D eigenvalue weighted by Gasteiger charge is 2.01. The maximum absolute atomic E-state index is 5.70. The first-order chi connectivity index (χ1) is 9.22. The molecule has 4 heteroatoms. The highest BCUT2D eigenvalue weighted by molar-refractivity contribution is 7.73. The number of benzene rings is 2. The van der Waals surface area contributed by atoms with Crippen LogP contribution in [-0.4, -0.2) is 4.98 Å². The lowest BCUT2D eigenvalue weighted by atomic mass is 10.0. The van der Waals surface area contributed by atoms with Gasteiger partial charge in [-0.25, -0.2) is 0 Å².